The number of imide groups is 1. The maximum atomic E-state index is 12.7. The largest absolute Gasteiger partial charge is 0.336 e. The molecule has 0 saturated carbocycles. The van der Waals surface area contributed by atoms with Crippen molar-refractivity contribution < 1.29 is 14.4 Å². The number of hydrogen-bond acceptors (Lipinski definition) is 3. The van der Waals surface area contributed by atoms with E-state index in [1.807, 2.05) is 49.1 Å². The Morgan fingerprint density at radius 1 is 1.12 bits per heavy atom. The Bertz CT molecular complexity index is 651. The second-order valence-electron chi connectivity index (χ2n) is 7.05. The normalized spacial score (nSPS) is 26.7. The van der Waals surface area contributed by atoms with Crippen LogP contribution >= 0.6 is 0 Å². The number of benzene rings is 1. The SMILES string of the molecule is C[C@@H]1CCC[C@@H](C)N1C(=O)CN1C(=O)N[C@H](Cc2ccccc2)C1=O. The summed E-state index contributed by atoms with van der Waals surface area (Å²) in [5.41, 5.74) is 0.979. The Hall–Kier alpha value is -2.37. The maximum Gasteiger partial charge on any atom is 0.325 e. The van der Waals surface area contributed by atoms with Crippen molar-refractivity contribution in [3.8, 4) is 0 Å². The van der Waals surface area contributed by atoms with Gasteiger partial charge in [0.2, 0.25) is 5.91 Å². The van der Waals surface area contributed by atoms with Gasteiger partial charge in [-0.1, -0.05) is 30.3 Å². The molecule has 2 aliphatic rings. The molecule has 0 bridgehead atoms. The second-order valence-corrected chi connectivity index (χ2v) is 7.05. The highest BCUT2D eigenvalue weighted by Crippen LogP contribution is 2.23. The summed E-state index contributed by atoms with van der Waals surface area (Å²) in [6, 6.07) is 8.78. The highest BCUT2D eigenvalue weighted by Gasteiger charge is 2.40. The lowest BCUT2D eigenvalue weighted by Crippen LogP contribution is -2.52. The number of rotatable bonds is 4. The average Bonchev–Trinajstić information content (AvgIpc) is 2.83. The molecular formula is C19H25N3O3. The Kier molecular flexibility index (Phi) is 5.06. The van der Waals surface area contributed by atoms with Crippen LogP contribution < -0.4 is 5.32 Å². The maximum absolute atomic E-state index is 12.7. The number of likely N-dealkylation sites (tertiary alicyclic amines) is 1. The molecule has 1 N–H and O–H groups in total. The summed E-state index contributed by atoms with van der Waals surface area (Å²) in [4.78, 5) is 40.3. The molecule has 3 rings (SSSR count). The van der Waals surface area contributed by atoms with Crippen LogP contribution in [-0.2, 0) is 16.0 Å². The lowest BCUT2D eigenvalue weighted by atomic mass is 9.97. The summed E-state index contributed by atoms with van der Waals surface area (Å²) in [7, 11) is 0. The van der Waals surface area contributed by atoms with Crippen LogP contribution in [0.15, 0.2) is 30.3 Å². The summed E-state index contributed by atoms with van der Waals surface area (Å²) in [5, 5.41) is 2.70. The molecule has 1 aromatic carbocycles. The molecule has 134 valence electrons. The average molecular weight is 343 g/mol. The van der Waals surface area contributed by atoms with Gasteiger partial charge in [-0.15, -0.1) is 0 Å². The lowest BCUT2D eigenvalue weighted by molar-refractivity contribution is -0.141. The predicted octanol–water partition coefficient (Wildman–Crippen LogP) is 1.94. The zero-order chi connectivity index (χ0) is 18.0. The molecule has 0 spiro atoms. The van der Waals surface area contributed by atoms with E-state index in [9.17, 15) is 14.4 Å². The first-order chi connectivity index (χ1) is 12.0. The van der Waals surface area contributed by atoms with Crippen LogP contribution in [-0.4, -0.2) is 52.3 Å². The van der Waals surface area contributed by atoms with Crippen molar-refractivity contribution in [3.63, 3.8) is 0 Å². The summed E-state index contributed by atoms with van der Waals surface area (Å²) in [5.74, 6) is -0.469. The third-order valence-corrected chi connectivity index (χ3v) is 5.16. The topological polar surface area (TPSA) is 69.7 Å². The van der Waals surface area contributed by atoms with E-state index < -0.39 is 12.1 Å². The van der Waals surface area contributed by atoms with Crippen molar-refractivity contribution >= 4 is 17.8 Å². The van der Waals surface area contributed by atoms with Gasteiger partial charge in [0, 0.05) is 18.5 Å². The van der Waals surface area contributed by atoms with Crippen molar-refractivity contribution in [3.05, 3.63) is 35.9 Å². The second kappa shape index (κ2) is 7.25. The van der Waals surface area contributed by atoms with E-state index in [-0.39, 0.29) is 30.4 Å². The van der Waals surface area contributed by atoms with Crippen molar-refractivity contribution in [2.24, 2.45) is 0 Å². The molecule has 6 heteroatoms. The fourth-order valence-electron chi connectivity index (χ4n) is 3.84. The number of hydrogen-bond donors (Lipinski definition) is 1. The summed E-state index contributed by atoms with van der Waals surface area (Å²) < 4.78 is 0. The van der Waals surface area contributed by atoms with Gasteiger partial charge >= 0.3 is 6.03 Å². The van der Waals surface area contributed by atoms with Gasteiger partial charge in [-0.25, -0.2) is 4.79 Å². The van der Waals surface area contributed by atoms with Crippen molar-refractivity contribution in [1.29, 1.82) is 0 Å². The van der Waals surface area contributed by atoms with Crippen molar-refractivity contribution in [1.82, 2.24) is 15.1 Å². The minimum absolute atomic E-state index is 0.149. The van der Waals surface area contributed by atoms with Gasteiger partial charge in [0.15, 0.2) is 0 Å². The third kappa shape index (κ3) is 3.67. The van der Waals surface area contributed by atoms with Crippen LogP contribution in [0.25, 0.3) is 0 Å². The Balaban J connectivity index is 1.65. The third-order valence-electron chi connectivity index (χ3n) is 5.16. The number of carbonyl (C=O) groups excluding carboxylic acids is 3. The number of piperidine rings is 1. The molecule has 0 radical (unpaired) electrons. The minimum atomic E-state index is -0.598. The van der Waals surface area contributed by atoms with Crippen molar-refractivity contribution in [2.75, 3.05) is 6.54 Å². The summed E-state index contributed by atoms with van der Waals surface area (Å²) >= 11 is 0. The van der Waals surface area contributed by atoms with E-state index in [1.54, 1.807) is 0 Å². The molecule has 25 heavy (non-hydrogen) atoms. The molecule has 4 amide bonds. The highest BCUT2D eigenvalue weighted by atomic mass is 16.2. The van der Waals surface area contributed by atoms with Gasteiger partial charge in [0.25, 0.3) is 5.91 Å². The molecule has 2 heterocycles. The van der Waals surface area contributed by atoms with E-state index in [2.05, 4.69) is 5.32 Å². The van der Waals surface area contributed by atoms with Gasteiger partial charge in [0.1, 0.15) is 12.6 Å². The van der Waals surface area contributed by atoms with Gasteiger partial charge in [-0.05, 0) is 38.7 Å². The molecule has 2 fully saturated rings. The zero-order valence-corrected chi connectivity index (χ0v) is 14.8. The number of urea groups is 1. The first-order valence-corrected chi connectivity index (χ1v) is 8.94. The van der Waals surface area contributed by atoms with E-state index in [4.69, 9.17) is 0 Å². The number of carbonyl (C=O) groups is 3. The first-order valence-electron chi connectivity index (χ1n) is 8.94. The van der Waals surface area contributed by atoms with Crippen LogP contribution in [0.1, 0.15) is 38.7 Å². The van der Waals surface area contributed by atoms with Gasteiger partial charge < -0.3 is 10.2 Å². The lowest BCUT2D eigenvalue weighted by Gasteiger charge is -2.39. The van der Waals surface area contributed by atoms with Crippen molar-refractivity contribution in [2.45, 2.75) is 57.7 Å². The molecule has 2 saturated heterocycles. The monoisotopic (exact) mass is 343 g/mol. The fraction of sp³-hybridized carbons (Fsp3) is 0.526. The van der Waals surface area contributed by atoms with Gasteiger partial charge in [-0.3, -0.25) is 14.5 Å². The first kappa shape index (κ1) is 17.5. The van der Waals surface area contributed by atoms with E-state index in [0.29, 0.717) is 6.42 Å². The number of amides is 4. The standard InChI is InChI=1S/C19H25N3O3/c1-13-7-6-8-14(2)22(13)17(23)12-21-18(24)16(20-19(21)25)11-15-9-4-3-5-10-15/h3-5,9-10,13-14,16H,6-8,11-12H2,1-2H3,(H,20,25)/t13-,14-,16-/m1/s1. The van der Waals surface area contributed by atoms with Gasteiger partial charge in [0.05, 0.1) is 0 Å². The van der Waals surface area contributed by atoms with Crippen LogP contribution in [0.4, 0.5) is 4.79 Å². The molecule has 0 aliphatic carbocycles. The zero-order valence-electron chi connectivity index (χ0n) is 14.8. The smallest absolute Gasteiger partial charge is 0.325 e. The van der Waals surface area contributed by atoms with Crippen LogP contribution in [0.2, 0.25) is 0 Å². The summed E-state index contributed by atoms with van der Waals surface area (Å²) in [6.07, 6.45) is 3.47. The highest BCUT2D eigenvalue weighted by molar-refractivity contribution is 6.06. The molecule has 1 aromatic rings. The Labute approximate surface area is 148 Å². The molecule has 0 unspecified atom stereocenters. The summed E-state index contributed by atoms with van der Waals surface area (Å²) in [6.45, 7) is 3.87. The predicted molar refractivity (Wildman–Crippen MR) is 93.8 cm³/mol. The van der Waals surface area contributed by atoms with E-state index in [1.165, 1.54) is 0 Å². The number of nitrogens with zero attached hydrogens (tertiary/aromatic N) is 2. The Morgan fingerprint density at radius 2 is 1.76 bits per heavy atom. The van der Waals surface area contributed by atoms with Crippen LogP contribution in [0.5, 0.6) is 0 Å². The Morgan fingerprint density at radius 3 is 2.40 bits per heavy atom. The molecule has 2 aliphatic heterocycles. The fourth-order valence-corrected chi connectivity index (χ4v) is 3.84. The van der Waals surface area contributed by atoms with E-state index >= 15 is 0 Å². The van der Waals surface area contributed by atoms with Gasteiger partial charge in [-0.2, -0.15) is 0 Å². The molecular weight excluding hydrogens is 318 g/mol. The number of nitrogens with one attached hydrogen (secondary N) is 1. The minimum Gasteiger partial charge on any atom is -0.336 e. The molecule has 6 nitrogen and oxygen atoms in total. The van der Waals surface area contributed by atoms with Crippen LogP contribution in [0, 0.1) is 0 Å². The molecule has 0 aromatic heterocycles. The van der Waals surface area contributed by atoms with E-state index in [0.717, 1.165) is 29.7 Å². The van der Waals surface area contributed by atoms with Crippen LogP contribution in [0.3, 0.4) is 0 Å². The quantitative estimate of drug-likeness (QED) is 0.850. The molecule has 3 atom stereocenters.